The third kappa shape index (κ3) is 3.80. The molecule has 5 rings (SSSR count). The Morgan fingerprint density at radius 2 is 1.05 bits per heavy atom. The Morgan fingerprint density at radius 1 is 0.525 bits per heavy atom. The monoisotopic (exact) mass is 545 g/mol. The number of rotatable bonds is 8. The summed E-state index contributed by atoms with van der Waals surface area (Å²) in [7, 11) is 12.7. The van der Waals surface area contributed by atoms with Gasteiger partial charge in [0.05, 0.1) is 60.7 Å². The topological polar surface area (TPSA) is 86.6 Å². The van der Waals surface area contributed by atoms with E-state index in [2.05, 4.69) is 0 Å². The molecule has 1 heterocycles. The molecule has 4 aromatic carbocycles. The highest BCUT2D eigenvalue weighted by atomic mass is 16.5. The SMILES string of the molecule is COc1cc(-c2c(OC)c(OC)cc3c2ccc2c4ccc(OC)c(OC)c4c(=O)n(C)c32)cc(OC)c1OC. The quantitative estimate of drug-likeness (QED) is 0.234. The lowest BCUT2D eigenvalue weighted by atomic mass is 9.93. The molecule has 0 radical (unpaired) electrons. The van der Waals surface area contributed by atoms with Gasteiger partial charge < -0.3 is 37.7 Å². The van der Waals surface area contributed by atoms with Gasteiger partial charge in [-0.05, 0) is 41.3 Å². The Morgan fingerprint density at radius 3 is 1.60 bits per heavy atom. The molecular weight excluding hydrogens is 514 g/mol. The van der Waals surface area contributed by atoms with Gasteiger partial charge in [0.1, 0.15) is 0 Å². The summed E-state index contributed by atoms with van der Waals surface area (Å²) in [5.41, 5.74) is 2.02. The number of hydrogen-bond donors (Lipinski definition) is 0. The molecule has 9 heteroatoms. The maximum atomic E-state index is 13.8. The predicted octanol–water partition coefficient (Wildman–Crippen LogP) is 5.57. The highest BCUT2D eigenvalue weighted by Crippen LogP contribution is 2.50. The van der Waals surface area contributed by atoms with E-state index in [-0.39, 0.29) is 5.56 Å². The molecule has 0 fully saturated rings. The van der Waals surface area contributed by atoms with E-state index in [1.54, 1.807) is 60.3 Å². The Balaban J connectivity index is 1.99. The van der Waals surface area contributed by atoms with Crippen molar-refractivity contribution in [3.63, 3.8) is 0 Å². The van der Waals surface area contributed by atoms with Gasteiger partial charge in [-0.1, -0.05) is 12.1 Å². The third-order valence-corrected chi connectivity index (χ3v) is 7.28. The number of methoxy groups -OCH3 is 7. The first-order chi connectivity index (χ1) is 19.4. The zero-order valence-corrected chi connectivity index (χ0v) is 23.8. The van der Waals surface area contributed by atoms with Crippen LogP contribution in [0.25, 0.3) is 43.6 Å². The van der Waals surface area contributed by atoms with Gasteiger partial charge in [0.25, 0.3) is 5.56 Å². The van der Waals surface area contributed by atoms with E-state index < -0.39 is 0 Å². The third-order valence-electron chi connectivity index (χ3n) is 7.28. The van der Waals surface area contributed by atoms with E-state index in [9.17, 15) is 4.79 Å². The van der Waals surface area contributed by atoms with E-state index in [4.69, 9.17) is 33.2 Å². The maximum Gasteiger partial charge on any atom is 0.262 e. The predicted molar refractivity (Wildman–Crippen MR) is 156 cm³/mol. The molecule has 0 N–H and O–H groups in total. The number of nitrogens with zero attached hydrogens (tertiary/aromatic N) is 1. The van der Waals surface area contributed by atoms with E-state index in [1.165, 1.54) is 7.11 Å². The number of aromatic nitrogens is 1. The maximum absolute atomic E-state index is 13.8. The molecule has 0 bridgehead atoms. The standard InChI is InChI=1S/C31H31NO8/c1-32-27-19(17-11-12-21(34-2)29(39-7)26(17)31(32)33)10-9-18-20(27)15-24(37-5)30(40-8)25(18)16-13-22(35-3)28(38-6)23(14-16)36-4/h9-15H,1-8H3. The summed E-state index contributed by atoms with van der Waals surface area (Å²) in [5.74, 6) is 3.39. The second-order valence-electron chi connectivity index (χ2n) is 9.05. The molecule has 0 amide bonds. The summed E-state index contributed by atoms with van der Waals surface area (Å²) >= 11 is 0. The Kier molecular flexibility index (Phi) is 6.97. The van der Waals surface area contributed by atoms with Crippen LogP contribution in [0.2, 0.25) is 0 Å². The molecule has 9 nitrogen and oxygen atoms in total. The number of pyridine rings is 1. The van der Waals surface area contributed by atoms with Crippen LogP contribution in [0.1, 0.15) is 0 Å². The summed E-state index contributed by atoms with van der Waals surface area (Å²) < 4.78 is 41.2. The fourth-order valence-electron chi connectivity index (χ4n) is 5.49. The molecular formula is C31H31NO8. The molecule has 0 aliphatic rings. The van der Waals surface area contributed by atoms with Crippen molar-refractivity contribution in [3.8, 4) is 51.4 Å². The number of benzene rings is 4. The van der Waals surface area contributed by atoms with Crippen LogP contribution in [0, 0.1) is 0 Å². The average molecular weight is 546 g/mol. The van der Waals surface area contributed by atoms with Gasteiger partial charge >= 0.3 is 0 Å². The van der Waals surface area contributed by atoms with E-state index in [0.29, 0.717) is 45.6 Å². The first-order valence-electron chi connectivity index (χ1n) is 12.4. The van der Waals surface area contributed by atoms with Gasteiger partial charge in [-0.15, -0.1) is 0 Å². The molecule has 0 unspecified atom stereocenters. The zero-order valence-electron chi connectivity index (χ0n) is 23.8. The highest BCUT2D eigenvalue weighted by Gasteiger charge is 2.24. The van der Waals surface area contributed by atoms with Crippen molar-refractivity contribution in [2.45, 2.75) is 0 Å². The van der Waals surface area contributed by atoms with Gasteiger partial charge in [-0.2, -0.15) is 0 Å². The normalized spacial score (nSPS) is 11.1. The zero-order chi connectivity index (χ0) is 28.7. The van der Waals surface area contributed by atoms with Gasteiger partial charge in [0.15, 0.2) is 34.5 Å². The molecule has 5 aromatic rings. The van der Waals surface area contributed by atoms with Crippen molar-refractivity contribution in [1.29, 1.82) is 0 Å². The van der Waals surface area contributed by atoms with Crippen molar-refractivity contribution in [3.05, 3.63) is 52.8 Å². The van der Waals surface area contributed by atoms with Gasteiger partial charge in [0, 0.05) is 28.8 Å². The van der Waals surface area contributed by atoms with Crippen molar-refractivity contribution in [2.75, 3.05) is 49.8 Å². The molecule has 208 valence electrons. The molecule has 0 atom stereocenters. The summed E-state index contributed by atoms with van der Waals surface area (Å²) in [6.07, 6.45) is 0. The van der Waals surface area contributed by atoms with Crippen LogP contribution < -0.4 is 38.7 Å². The average Bonchev–Trinajstić information content (AvgIpc) is 3.00. The molecule has 0 saturated heterocycles. The van der Waals surface area contributed by atoms with E-state index in [0.717, 1.165) is 38.2 Å². The van der Waals surface area contributed by atoms with Crippen molar-refractivity contribution >= 4 is 32.4 Å². The van der Waals surface area contributed by atoms with Crippen LogP contribution in [0.5, 0.6) is 40.2 Å². The Labute approximate surface area is 231 Å². The summed E-state index contributed by atoms with van der Waals surface area (Å²) in [6, 6.07) is 13.3. The molecule has 0 spiro atoms. The van der Waals surface area contributed by atoms with E-state index in [1.807, 2.05) is 36.4 Å². The lowest BCUT2D eigenvalue weighted by molar-refractivity contribution is 0.324. The molecule has 0 saturated carbocycles. The highest BCUT2D eigenvalue weighted by molar-refractivity contribution is 6.19. The Hall–Kier alpha value is -4.79. The number of hydrogen-bond acceptors (Lipinski definition) is 8. The minimum absolute atomic E-state index is 0.213. The lowest BCUT2D eigenvalue weighted by Crippen LogP contribution is -2.18. The summed E-state index contributed by atoms with van der Waals surface area (Å²) in [4.78, 5) is 13.8. The molecule has 0 aliphatic carbocycles. The minimum atomic E-state index is -0.213. The number of fused-ring (bicyclic) bond motifs is 5. The van der Waals surface area contributed by atoms with E-state index >= 15 is 0 Å². The first kappa shape index (κ1) is 26.8. The van der Waals surface area contributed by atoms with Gasteiger partial charge in [-0.3, -0.25) is 4.79 Å². The van der Waals surface area contributed by atoms with Crippen LogP contribution in [-0.4, -0.2) is 54.3 Å². The van der Waals surface area contributed by atoms with Crippen LogP contribution in [0.4, 0.5) is 0 Å². The van der Waals surface area contributed by atoms with Crippen LogP contribution in [0.3, 0.4) is 0 Å². The van der Waals surface area contributed by atoms with Gasteiger partial charge in [-0.25, -0.2) is 0 Å². The first-order valence-corrected chi connectivity index (χ1v) is 12.4. The van der Waals surface area contributed by atoms with Crippen LogP contribution >= 0.6 is 0 Å². The van der Waals surface area contributed by atoms with Crippen molar-refractivity contribution in [1.82, 2.24) is 4.57 Å². The molecule has 1 aromatic heterocycles. The summed E-state index contributed by atoms with van der Waals surface area (Å²) in [6.45, 7) is 0. The molecule has 40 heavy (non-hydrogen) atoms. The fraction of sp³-hybridized carbons (Fsp3) is 0.258. The number of aryl methyl sites for hydroxylation is 1. The number of ether oxygens (including phenoxy) is 7. The molecule has 0 aliphatic heterocycles. The minimum Gasteiger partial charge on any atom is -0.493 e. The fourth-order valence-corrected chi connectivity index (χ4v) is 5.49. The summed E-state index contributed by atoms with van der Waals surface area (Å²) in [5, 5.41) is 3.71. The Bertz CT molecular complexity index is 1820. The second-order valence-corrected chi connectivity index (χ2v) is 9.05. The van der Waals surface area contributed by atoms with Crippen molar-refractivity contribution in [2.24, 2.45) is 7.05 Å². The van der Waals surface area contributed by atoms with Crippen molar-refractivity contribution < 1.29 is 33.2 Å². The smallest absolute Gasteiger partial charge is 0.262 e. The second kappa shape index (κ2) is 10.4. The van der Waals surface area contributed by atoms with Crippen LogP contribution in [-0.2, 0) is 7.05 Å². The van der Waals surface area contributed by atoms with Gasteiger partial charge in [0.2, 0.25) is 5.75 Å². The lowest BCUT2D eigenvalue weighted by Gasteiger charge is -2.21. The largest absolute Gasteiger partial charge is 0.493 e. The van der Waals surface area contributed by atoms with Crippen LogP contribution in [0.15, 0.2) is 47.3 Å².